The van der Waals surface area contributed by atoms with E-state index in [9.17, 15) is 0 Å². The molecule has 0 spiro atoms. The molecule has 1 heterocycles. The number of halogens is 2. The first-order chi connectivity index (χ1) is 19.6. The standard InChI is InChI=1S/C35H35BCl2N2/c1-2-27(28-15-7-4-8-16-28)21-22-29-25-39-35(40(29)24-23-26-13-5-3-6-14-26)36-34(30-17-9-11-19-32(30)37)31-18-10-12-20-33(31)38/h3-20,25,27,34,36H,2,21-24H2,1H3. The molecule has 0 aliphatic heterocycles. The molecule has 0 saturated heterocycles. The Bertz CT molecular complexity index is 1460. The molecule has 0 amide bonds. The second-order valence-corrected chi connectivity index (χ2v) is 11.2. The van der Waals surface area contributed by atoms with Gasteiger partial charge in [-0.05, 0) is 71.8 Å². The van der Waals surface area contributed by atoms with Crippen molar-refractivity contribution < 1.29 is 0 Å². The van der Waals surface area contributed by atoms with Crippen molar-refractivity contribution in [2.75, 3.05) is 0 Å². The summed E-state index contributed by atoms with van der Waals surface area (Å²) in [5, 5.41) is 1.51. The van der Waals surface area contributed by atoms with E-state index in [1.807, 2.05) is 36.4 Å². The van der Waals surface area contributed by atoms with E-state index in [0.29, 0.717) is 5.92 Å². The fourth-order valence-corrected chi connectivity index (χ4v) is 6.25. The van der Waals surface area contributed by atoms with Crippen LogP contribution >= 0.6 is 23.2 Å². The lowest BCUT2D eigenvalue weighted by Crippen LogP contribution is -2.33. The van der Waals surface area contributed by atoms with E-state index in [1.54, 1.807) is 0 Å². The molecule has 0 radical (unpaired) electrons. The number of imidazole rings is 1. The summed E-state index contributed by atoms with van der Waals surface area (Å²) < 4.78 is 2.45. The largest absolute Gasteiger partial charge is 0.340 e. The van der Waals surface area contributed by atoms with Gasteiger partial charge in [-0.25, -0.2) is 0 Å². The van der Waals surface area contributed by atoms with Gasteiger partial charge in [-0.1, -0.05) is 127 Å². The number of hydrogen-bond donors (Lipinski definition) is 0. The lowest BCUT2D eigenvalue weighted by atomic mass is 9.58. The van der Waals surface area contributed by atoms with E-state index < -0.39 is 0 Å². The highest BCUT2D eigenvalue weighted by molar-refractivity contribution is 6.55. The van der Waals surface area contributed by atoms with Crippen LogP contribution in [-0.2, 0) is 19.4 Å². The number of aryl methyl sites for hydroxylation is 2. The first kappa shape index (κ1) is 28.3. The molecule has 40 heavy (non-hydrogen) atoms. The highest BCUT2D eigenvalue weighted by Crippen LogP contribution is 2.33. The van der Waals surface area contributed by atoms with Crippen LogP contribution in [0.3, 0.4) is 0 Å². The molecule has 0 aliphatic rings. The van der Waals surface area contributed by atoms with Crippen LogP contribution in [0.4, 0.5) is 0 Å². The normalized spacial score (nSPS) is 12.0. The van der Waals surface area contributed by atoms with Crippen LogP contribution in [0.5, 0.6) is 0 Å². The second kappa shape index (κ2) is 13.9. The summed E-state index contributed by atoms with van der Waals surface area (Å²) in [7, 11) is 0.720. The minimum absolute atomic E-state index is 0.000773. The molecule has 1 atom stereocenters. The summed E-state index contributed by atoms with van der Waals surface area (Å²) >= 11 is 13.5. The van der Waals surface area contributed by atoms with Gasteiger partial charge >= 0.3 is 0 Å². The van der Waals surface area contributed by atoms with Gasteiger partial charge in [-0.3, -0.25) is 4.98 Å². The van der Waals surface area contributed by atoms with Crippen LogP contribution in [0.15, 0.2) is 115 Å². The highest BCUT2D eigenvalue weighted by Gasteiger charge is 2.25. The second-order valence-electron chi connectivity index (χ2n) is 10.4. The minimum Gasteiger partial charge on any atom is -0.340 e. The first-order valence-corrected chi connectivity index (χ1v) is 15.0. The third-order valence-electron chi connectivity index (χ3n) is 7.95. The van der Waals surface area contributed by atoms with Crippen molar-refractivity contribution in [1.29, 1.82) is 0 Å². The average Bonchev–Trinajstić information content (AvgIpc) is 3.38. The summed E-state index contributed by atoms with van der Waals surface area (Å²) in [4.78, 5) is 5.03. The van der Waals surface area contributed by atoms with Crippen molar-refractivity contribution in [2.24, 2.45) is 0 Å². The summed E-state index contributed by atoms with van der Waals surface area (Å²) in [5.74, 6) is 0.530. The average molecular weight is 565 g/mol. The molecular formula is C35H35BCl2N2. The zero-order valence-corrected chi connectivity index (χ0v) is 24.5. The molecule has 202 valence electrons. The lowest BCUT2D eigenvalue weighted by Gasteiger charge is -2.21. The number of nitrogens with zero attached hydrogens (tertiary/aromatic N) is 2. The monoisotopic (exact) mass is 564 g/mol. The maximum absolute atomic E-state index is 6.76. The number of benzene rings is 4. The lowest BCUT2D eigenvalue weighted by molar-refractivity contribution is 0.580. The number of rotatable bonds is 12. The number of aromatic nitrogens is 2. The van der Waals surface area contributed by atoms with E-state index in [0.717, 1.165) is 66.4 Å². The Kier molecular flexibility index (Phi) is 9.81. The van der Waals surface area contributed by atoms with Crippen molar-refractivity contribution >= 4 is 36.2 Å². The molecule has 0 saturated carbocycles. The molecule has 4 aromatic carbocycles. The predicted molar refractivity (Wildman–Crippen MR) is 172 cm³/mol. The predicted octanol–water partition coefficient (Wildman–Crippen LogP) is 8.41. The number of hydrogen-bond acceptors (Lipinski definition) is 1. The van der Waals surface area contributed by atoms with Gasteiger partial charge in [0, 0.05) is 28.5 Å². The molecule has 5 aromatic rings. The van der Waals surface area contributed by atoms with Gasteiger partial charge in [0.05, 0.1) is 5.72 Å². The third-order valence-corrected chi connectivity index (χ3v) is 8.64. The van der Waals surface area contributed by atoms with Crippen LogP contribution in [0, 0.1) is 0 Å². The molecule has 5 heteroatoms. The molecule has 5 rings (SSSR count). The SMILES string of the molecule is CCC(CCc1cnc(BC(c2ccccc2Cl)c2ccccc2Cl)n1CCc1ccccc1)c1ccccc1. The van der Waals surface area contributed by atoms with E-state index in [-0.39, 0.29) is 5.82 Å². The maximum Gasteiger partial charge on any atom is 0.217 e. The van der Waals surface area contributed by atoms with Crippen LogP contribution < -0.4 is 5.72 Å². The summed E-state index contributed by atoms with van der Waals surface area (Å²) in [6.07, 6.45) is 6.24. The molecule has 2 nitrogen and oxygen atoms in total. The van der Waals surface area contributed by atoms with Gasteiger partial charge in [0.15, 0.2) is 0 Å². The van der Waals surface area contributed by atoms with Crippen LogP contribution in [0.25, 0.3) is 0 Å². The Morgan fingerprint density at radius 3 is 1.90 bits per heavy atom. The van der Waals surface area contributed by atoms with Crippen LogP contribution in [0.2, 0.25) is 10.0 Å². The fourth-order valence-electron chi connectivity index (χ4n) is 5.71. The molecule has 0 aliphatic carbocycles. The van der Waals surface area contributed by atoms with Gasteiger partial charge in [-0.2, -0.15) is 0 Å². The third kappa shape index (κ3) is 6.89. The highest BCUT2D eigenvalue weighted by atomic mass is 35.5. The quantitative estimate of drug-likeness (QED) is 0.139. The molecule has 1 aromatic heterocycles. The molecule has 0 fully saturated rings. The smallest absolute Gasteiger partial charge is 0.217 e. The van der Waals surface area contributed by atoms with Gasteiger partial charge in [0.1, 0.15) is 0 Å². The van der Waals surface area contributed by atoms with Crippen molar-refractivity contribution in [3.05, 3.63) is 153 Å². The molecule has 0 N–H and O–H groups in total. The van der Waals surface area contributed by atoms with E-state index in [4.69, 9.17) is 28.2 Å². The van der Waals surface area contributed by atoms with E-state index in [2.05, 4.69) is 90.5 Å². The summed E-state index contributed by atoms with van der Waals surface area (Å²) in [6.45, 7) is 3.17. The topological polar surface area (TPSA) is 17.8 Å². The Hall–Kier alpha value is -3.27. The van der Waals surface area contributed by atoms with Crippen molar-refractivity contribution in [3.8, 4) is 0 Å². The van der Waals surface area contributed by atoms with Crippen molar-refractivity contribution in [2.45, 2.75) is 50.9 Å². The van der Waals surface area contributed by atoms with Gasteiger partial charge in [0.2, 0.25) is 7.28 Å². The molecule has 1 unspecified atom stereocenters. The van der Waals surface area contributed by atoms with Crippen molar-refractivity contribution in [1.82, 2.24) is 9.55 Å². The first-order valence-electron chi connectivity index (χ1n) is 14.2. The Labute approximate surface area is 249 Å². The maximum atomic E-state index is 6.76. The van der Waals surface area contributed by atoms with Gasteiger partial charge < -0.3 is 4.57 Å². The van der Waals surface area contributed by atoms with E-state index in [1.165, 1.54) is 16.8 Å². The van der Waals surface area contributed by atoms with Crippen molar-refractivity contribution in [3.63, 3.8) is 0 Å². The summed E-state index contributed by atoms with van der Waals surface area (Å²) in [6, 6.07) is 37.8. The molecule has 0 bridgehead atoms. The van der Waals surface area contributed by atoms with Crippen LogP contribution in [0.1, 0.15) is 59.4 Å². The fraction of sp³-hybridized carbons (Fsp3) is 0.229. The van der Waals surface area contributed by atoms with Gasteiger partial charge in [0.25, 0.3) is 0 Å². The minimum atomic E-state index is 0.000773. The zero-order valence-electron chi connectivity index (χ0n) is 23.0. The molecular weight excluding hydrogens is 530 g/mol. The Morgan fingerprint density at radius 1 is 0.725 bits per heavy atom. The van der Waals surface area contributed by atoms with Crippen LogP contribution in [-0.4, -0.2) is 16.8 Å². The Balaban J connectivity index is 1.47. The zero-order chi connectivity index (χ0) is 27.7. The van der Waals surface area contributed by atoms with Gasteiger partial charge in [-0.15, -0.1) is 0 Å². The summed E-state index contributed by atoms with van der Waals surface area (Å²) in [5.41, 5.74) is 7.26. The Morgan fingerprint density at radius 2 is 1.30 bits per heavy atom. The van der Waals surface area contributed by atoms with E-state index >= 15 is 0 Å².